The van der Waals surface area contributed by atoms with E-state index < -0.39 is 35.0 Å². The van der Waals surface area contributed by atoms with Gasteiger partial charge in [0.05, 0.1) is 17.2 Å². The molecule has 0 radical (unpaired) electrons. The van der Waals surface area contributed by atoms with Gasteiger partial charge in [-0.25, -0.2) is 17.6 Å². The summed E-state index contributed by atoms with van der Waals surface area (Å²) in [6.07, 6.45) is -0.727. The fourth-order valence-corrected chi connectivity index (χ4v) is 7.78. The van der Waals surface area contributed by atoms with Crippen molar-refractivity contribution in [3.05, 3.63) is 52.6 Å². The Morgan fingerprint density at radius 3 is 2.57 bits per heavy atom. The van der Waals surface area contributed by atoms with Crippen molar-refractivity contribution in [3.8, 4) is 22.9 Å². The normalized spacial score (nSPS) is 24.1. The number of piperidine rings is 2. The third-order valence-electron chi connectivity index (χ3n) is 9.78. The minimum atomic E-state index is -2.54. The van der Waals surface area contributed by atoms with Crippen LogP contribution < -0.4 is 9.64 Å². The Labute approximate surface area is 276 Å². The van der Waals surface area contributed by atoms with Crippen molar-refractivity contribution in [2.75, 3.05) is 44.7 Å². The van der Waals surface area contributed by atoms with Gasteiger partial charge in [0, 0.05) is 41.9 Å². The van der Waals surface area contributed by atoms with Crippen molar-refractivity contribution < 1.29 is 32.5 Å². The zero-order valence-corrected chi connectivity index (χ0v) is 27.6. The monoisotopic (exact) mass is 674 g/mol. The molecule has 3 aromatic carbocycles. The minimum absolute atomic E-state index is 0.00645. The smallest absolute Gasteiger partial charge is 0.319 e. The van der Waals surface area contributed by atoms with Crippen LogP contribution in [0.3, 0.4) is 0 Å². The zero-order chi connectivity index (χ0) is 33.8. The molecule has 1 aromatic heterocycles. The second-order valence-electron chi connectivity index (χ2n) is 13.7. The maximum atomic E-state index is 17.0. The highest BCUT2D eigenvalue weighted by molar-refractivity contribution is 6.35. The Bertz CT molecular complexity index is 1840. The number of hydrogen-bond donors (Lipinski definition) is 2. The number of aryl methyl sites for hydroxylation is 1. The predicted octanol–water partition coefficient (Wildman–Crippen LogP) is 7.60. The highest BCUT2D eigenvalue weighted by atomic mass is 35.5. The molecule has 2 N–H and O–H groups in total. The molecule has 7 nitrogen and oxygen atoms in total. The van der Waals surface area contributed by atoms with Crippen LogP contribution in [0.1, 0.15) is 45.6 Å². The first-order valence-corrected chi connectivity index (χ1v) is 16.3. The predicted molar refractivity (Wildman–Crippen MR) is 176 cm³/mol. The van der Waals surface area contributed by atoms with Gasteiger partial charge in [-0.3, -0.25) is 0 Å². The summed E-state index contributed by atoms with van der Waals surface area (Å²) in [5, 5.41) is 22.7. The number of aliphatic hydroxyl groups is 1. The molecule has 12 heteroatoms. The molecule has 0 saturated carbocycles. The summed E-state index contributed by atoms with van der Waals surface area (Å²) >= 11 is 6.83. The lowest BCUT2D eigenvalue weighted by Gasteiger charge is -2.44. The second-order valence-corrected chi connectivity index (χ2v) is 14.1. The molecule has 3 heterocycles. The van der Waals surface area contributed by atoms with E-state index in [0.29, 0.717) is 61.7 Å². The molecule has 6 rings (SSSR count). The zero-order valence-electron chi connectivity index (χ0n) is 26.9. The molecule has 0 bridgehead atoms. The Morgan fingerprint density at radius 2 is 1.87 bits per heavy atom. The number of benzene rings is 3. The highest BCUT2D eigenvalue weighted by Gasteiger charge is 2.44. The van der Waals surface area contributed by atoms with E-state index in [-0.39, 0.29) is 57.8 Å². The summed E-state index contributed by atoms with van der Waals surface area (Å²) in [7, 11) is 1.87. The van der Waals surface area contributed by atoms with Crippen LogP contribution in [0, 0.1) is 23.0 Å². The van der Waals surface area contributed by atoms with Crippen LogP contribution in [0.2, 0.25) is 5.02 Å². The molecule has 2 fully saturated rings. The van der Waals surface area contributed by atoms with E-state index in [0.717, 1.165) is 0 Å². The van der Waals surface area contributed by atoms with E-state index >= 15 is 8.78 Å². The molecule has 4 aromatic rings. The van der Waals surface area contributed by atoms with E-state index in [2.05, 4.69) is 9.97 Å². The van der Waals surface area contributed by atoms with Crippen molar-refractivity contribution in [1.82, 2.24) is 14.9 Å². The molecule has 3 atom stereocenters. The van der Waals surface area contributed by atoms with Crippen molar-refractivity contribution in [1.29, 1.82) is 0 Å². The lowest BCUT2D eigenvalue weighted by atomic mass is 9.73. The number of anilines is 1. The Balaban J connectivity index is 1.54. The van der Waals surface area contributed by atoms with E-state index in [1.54, 1.807) is 20.8 Å². The number of likely N-dealkylation sites (tertiary alicyclic amines) is 1. The van der Waals surface area contributed by atoms with Gasteiger partial charge in [0.25, 0.3) is 0 Å². The fraction of sp³-hybridized carbons (Fsp3) is 0.486. The number of ether oxygens (including phenoxy) is 1. The summed E-state index contributed by atoms with van der Waals surface area (Å²) in [5.74, 6) is -2.08. The highest BCUT2D eigenvalue weighted by Crippen LogP contribution is 2.45. The van der Waals surface area contributed by atoms with Crippen LogP contribution in [0.25, 0.3) is 32.8 Å². The number of aromatic nitrogens is 2. The lowest BCUT2D eigenvalue weighted by Crippen LogP contribution is -2.51. The Kier molecular flexibility index (Phi) is 8.95. The molecule has 2 aliphatic rings. The summed E-state index contributed by atoms with van der Waals surface area (Å²) in [4.78, 5) is 12.9. The van der Waals surface area contributed by atoms with Crippen LogP contribution in [0.4, 0.5) is 23.4 Å². The second kappa shape index (κ2) is 12.6. The van der Waals surface area contributed by atoms with Gasteiger partial charge in [0.2, 0.25) is 6.43 Å². The van der Waals surface area contributed by atoms with E-state index in [4.69, 9.17) is 16.3 Å². The topological polar surface area (TPSA) is 82.0 Å². The van der Waals surface area contributed by atoms with Crippen LogP contribution in [-0.4, -0.2) is 76.9 Å². The standard InChI is InChI=1S/C35H39ClF4N4O3/c1-5-21-26(37)8-7-19-13-20(45)14-22(27(19)21)28-25(36)15-23-30(29(28)38)41-33(42-32(23)44-11-6-10-35(3,46)17-44)47-18-34(2)16-43(4)12-9-24(34)31(39)40/h7-8,13-15,24,31,45-46H,5-6,9-12,16-18H2,1-4H3/t24-,34+,35?/m1/s1. The molecule has 0 aliphatic carbocycles. The molecule has 2 saturated heterocycles. The molecule has 47 heavy (non-hydrogen) atoms. The molecule has 0 amide bonds. The third-order valence-corrected chi connectivity index (χ3v) is 10.1. The van der Waals surface area contributed by atoms with Crippen molar-refractivity contribution in [3.63, 3.8) is 0 Å². The number of fused-ring (bicyclic) bond motifs is 2. The van der Waals surface area contributed by atoms with Crippen LogP contribution in [0.5, 0.6) is 11.8 Å². The number of phenolic OH excluding ortho intramolecular Hbond substituents is 1. The SMILES string of the molecule is CCc1c(F)ccc2cc(O)cc(-c3c(Cl)cc4c(N5CCCC(C)(O)C5)nc(OC[C@]5(C)CN(C)CC[C@@H]5C(F)F)nc4c3F)c12. The molecule has 2 aliphatic heterocycles. The van der Waals surface area contributed by atoms with E-state index in [9.17, 15) is 19.0 Å². The van der Waals surface area contributed by atoms with Gasteiger partial charge >= 0.3 is 6.01 Å². The Hall–Kier alpha value is -3.41. The summed E-state index contributed by atoms with van der Waals surface area (Å²) in [5.41, 5.74) is -1.65. The van der Waals surface area contributed by atoms with Gasteiger partial charge in [-0.2, -0.15) is 9.97 Å². The maximum absolute atomic E-state index is 17.0. The fourth-order valence-electron chi connectivity index (χ4n) is 7.49. The summed E-state index contributed by atoms with van der Waals surface area (Å²) in [6.45, 7) is 6.73. The van der Waals surface area contributed by atoms with Gasteiger partial charge < -0.3 is 24.7 Å². The summed E-state index contributed by atoms with van der Waals surface area (Å²) < 4.78 is 66.4. The number of hydrogen-bond acceptors (Lipinski definition) is 7. The number of β-amino-alcohol motifs (C(OH)–C–C–N with tert-alkyl or cyclic N) is 1. The molecule has 0 spiro atoms. The first kappa shape index (κ1) is 33.5. The van der Waals surface area contributed by atoms with Crippen molar-refractivity contribution >= 4 is 39.1 Å². The molecular weight excluding hydrogens is 636 g/mol. The first-order chi connectivity index (χ1) is 22.2. The Morgan fingerprint density at radius 1 is 1.11 bits per heavy atom. The minimum Gasteiger partial charge on any atom is -0.508 e. The number of rotatable bonds is 7. The average molecular weight is 675 g/mol. The average Bonchev–Trinajstić information content (AvgIpc) is 2.99. The first-order valence-electron chi connectivity index (χ1n) is 15.9. The number of halogens is 5. The van der Waals surface area contributed by atoms with Gasteiger partial charge in [-0.15, -0.1) is 0 Å². The number of phenols is 1. The number of alkyl halides is 2. The quantitative estimate of drug-likeness (QED) is 0.195. The van der Waals surface area contributed by atoms with Gasteiger partial charge in [-0.1, -0.05) is 31.5 Å². The van der Waals surface area contributed by atoms with Gasteiger partial charge in [-0.05, 0) is 92.4 Å². The molecular formula is C35H39ClF4N4O3. The molecule has 1 unspecified atom stereocenters. The number of nitrogens with zero attached hydrogens (tertiary/aromatic N) is 4. The van der Waals surface area contributed by atoms with E-state index in [1.165, 1.54) is 30.3 Å². The largest absolute Gasteiger partial charge is 0.508 e. The third kappa shape index (κ3) is 6.29. The van der Waals surface area contributed by atoms with Crippen LogP contribution in [0.15, 0.2) is 30.3 Å². The lowest BCUT2D eigenvalue weighted by molar-refractivity contribution is -0.0679. The van der Waals surface area contributed by atoms with Gasteiger partial charge in [0.15, 0.2) is 5.82 Å². The number of aromatic hydroxyl groups is 1. The molecule has 252 valence electrons. The van der Waals surface area contributed by atoms with Crippen LogP contribution in [-0.2, 0) is 6.42 Å². The van der Waals surface area contributed by atoms with E-state index in [1.807, 2.05) is 16.8 Å². The van der Waals surface area contributed by atoms with Crippen LogP contribution >= 0.6 is 11.6 Å². The van der Waals surface area contributed by atoms with Gasteiger partial charge in [0.1, 0.15) is 22.9 Å². The maximum Gasteiger partial charge on any atom is 0.319 e. The van der Waals surface area contributed by atoms with Crippen molar-refractivity contribution in [2.24, 2.45) is 11.3 Å². The van der Waals surface area contributed by atoms with Crippen molar-refractivity contribution in [2.45, 2.75) is 58.5 Å². The summed E-state index contributed by atoms with van der Waals surface area (Å²) in [6, 6.07) is 6.99.